The monoisotopic (exact) mass is 476 g/mol. The molecule has 0 aliphatic carbocycles. The largest absolute Gasteiger partial charge is 0.499 e. The fraction of sp³-hybridized carbons (Fsp3) is 0.348. The highest BCUT2D eigenvalue weighted by atomic mass is 16.7. The summed E-state index contributed by atoms with van der Waals surface area (Å²) in [5, 5.41) is 49.8. The smallest absolute Gasteiger partial charge is 0.382 e. The van der Waals surface area contributed by atoms with Gasteiger partial charge in [0.05, 0.1) is 19.1 Å². The van der Waals surface area contributed by atoms with Crippen molar-refractivity contribution in [3.63, 3.8) is 0 Å². The summed E-state index contributed by atoms with van der Waals surface area (Å²) in [7, 11) is 1.55. The predicted octanol–water partition coefficient (Wildman–Crippen LogP) is 0.265. The van der Waals surface area contributed by atoms with Crippen LogP contribution in [0.3, 0.4) is 0 Å². The van der Waals surface area contributed by atoms with Gasteiger partial charge >= 0.3 is 5.63 Å². The van der Waals surface area contributed by atoms with Gasteiger partial charge in [-0.2, -0.15) is 0 Å². The first-order valence-electron chi connectivity index (χ1n) is 10.3. The Bertz CT molecular complexity index is 1190. The van der Waals surface area contributed by atoms with E-state index in [4.69, 9.17) is 23.4 Å². The molecule has 1 aliphatic rings. The average Bonchev–Trinajstić information content (AvgIpc) is 2.85. The minimum Gasteiger partial charge on any atom is -0.499 e. The van der Waals surface area contributed by atoms with Gasteiger partial charge in [-0.05, 0) is 29.8 Å². The number of aromatic hydroxyl groups is 1. The minimum atomic E-state index is -1.61. The van der Waals surface area contributed by atoms with Gasteiger partial charge in [-0.25, -0.2) is 4.79 Å². The summed E-state index contributed by atoms with van der Waals surface area (Å²) in [5.41, 5.74) is -0.235. The Balaban J connectivity index is 1.58. The summed E-state index contributed by atoms with van der Waals surface area (Å²) in [4.78, 5) is 12.2. The van der Waals surface area contributed by atoms with Crippen molar-refractivity contribution in [3.05, 3.63) is 58.4 Å². The zero-order valence-electron chi connectivity index (χ0n) is 18.0. The Morgan fingerprint density at radius 3 is 2.35 bits per heavy atom. The summed E-state index contributed by atoms with van der Waals surface area (Å²) in [6.07, 6.45) is -7.30. The second-order valence-electron chi connectivity index (χ2n) is 7.68. The molecule has 0 radical (unpaired) electrons. The second kappa shape index (κ2) is 9.87. The van der Waals surface area contributed by atoms with Crippen LogP contribution >= 0.6 is 0 Å². The van der Waals surface area contributed by atoms with E-state index in [2.05, 4.69) is 0 Å². The van der Waals surface area contributed by atoms with Crippen molar-refractivity contribution in [2.45, 2.75) is 37.3 Å². The summed E-state index contributed by atoms with van der Waals surface area (Å²) in [5.74, 6) is -0.0128. The maximum Gasteiger partial charge on any atom is 0.382 e. The Morgan fingerprint density at radius 1 is 0.971 bits per heavy atom. The normalized spacial score (nSPS) is 24.7. The molecule has 1 fully saturated rings. The van der Waals surface area contributed by atoms with E-state index in [0.29, 0.717) is 5.75 Å². The maximum atomic E-state index is 12.2. The van der Waals surface area contributed by atoms with Crippen LogP contribution in [0.1, 0.15) is 5.56 Å². The lowest BCUT2D eigenvalue weighted by Gasteiger charge is -2.39. The van der Waals surface area contributed by atoms with E-state index < -0.39 is 48.7 Å². The van der Waals surface area contributed by atoms with Gasteiger partial charge in [0, 0.05) is 6.07 Å². The highest BCUT2D eigenvalue weighted by molar-refractivity contribution is 5.86. The third-order valence-corrected chi connectivity index (χ3v) is 5.45. The zero-order valence-corrected chi connectivity index (χ0v) is 18.0. The maximum absolute atomic E-state index is 12.2. The van der Waals surface area contributed by atoms with E-state index >= 15 is 0 Å². The Labute approximate surface area is 192 Å². The minimum absolute atomic E-state index is 0.0228. The van der Waals surface area contributed by atoms with Gasteiger partial charge < -0.3 is 48.9 Å². The topological polar surface area (TPSA) is 168 Å². The van der Waals surface area contributed by atoms with Crippen molar-refractivity contribution in [2.24, 2.45) is 0 Å². The molecule has 5 atom stereocenters. The number of ether oxygens (including phenoxy) is 4. The first kappa shape index (κ1) is 23.8. The fourth-order valence-corrected chi connectivity index (χ4v) is 3.54. The SMILES string of the molecule is COc1ccc(COc2c(O)c(=O)oc3cc(O[C@H]4O[C@H](CO)[C@@H](O)[C@H](O)[C@@H]4O)ccc23)cc1. The summed E-state index contributed by atoms with van der Waals surface area (Å²) in [6, 6.07) is 11.3. The van der Waals surface area contributed by atoms with Gasteiger partial charge in [0.15, 0.2) is 5.75 Å². The summed E-state index contributed by atoms with van der Waals surface area (Å²) < 4.78 is 26.8. The molecule has 0 amide bonds. The van der Waals surface area contributed by atoms with Crippen LogP contribution in [-0.2, 0) is 11.3 Å². The van der Waals surface area contributed by atoms with E-state index in [1.807, 2.05) is 0 Å². The van der Waals surface area contributed by atoms with Crippen LogP contribution in [0.15, 0.2) is 51.7 Å². The van der Waals surface area contributed by atoms with Crippen molar-refractivity contribution in [3.8, 4) is 23.0 Å². The molecule has 5 N–H and O–H groups in total. The van der Waals surface area contributed by atoms with Crippen LogP contribution in [0.2, 0.25) is 0 Å². The van der Waals surface area contributed by atoms with Crippen molar-refractivity contribution in [1.82, 2.24) is 0 Å². The molecular weight excluding hydrogens is 452 g/mol. The Kier molecular flexibility index (Phi) is 6.91. The lowest BCUT2D eigenvalue weighted by molar-refractivity contribution is -0.277. The molecule has 1 saturated heterocycles. The van der Waals surface area contributed by atoms with Crippen LogP contribution in [0, 0.1) is 0 Å². The molecule has 11 heteroatoms. The number of methoxy groups -OCH3 is 1. The molecule has 182 valence electrons. The van der Waals surface area contributed by atoms with Gasteiger partial charge in [-0.15, -0.1) is 0 Å². The molecule has 3 aromatic rings. The van der Waals surface area contributed by atoms with Crippen molar-refractivity contribution >= 4 is 11.0 Å². The summed E-state index contributed by atoms with van der Waals surface area (Å²) >= 11 is 0. The number of aliphatic hydroxyl groups excluding tert-OH is 4. The highest BCUT2D eigenvalue weighted by Gasteiger charge is 2.44. The Morgan fingerprint density at radius 2 is 1.68 bits per heavy atom. The van der Waals surface area contributed by atoms with Crippen molar-refractivity contribution in [2.75, 3.05) is 13.7 Å². The van der Waals surface area contributed by atoms with E-state index in [0.717, 1.165) is 5.56 Å². The van der Waals surface area contributed by atoms with Crippen molar-refractivity contribution in [1.29, 1.82) is 0 Å². The molecular formula is C23H24O11. The first-order valence-corrected chi connectivity index (χ1v) is 10.3. The van der Waals surface area contributed by atoms with Crippen LogP contribution in [0.5, 0.6) is 23.0 Å². The molecule has 2 aromatic carbocycles. The number of hydrogen-bond donors (Lipinski definition) is 5. The molecule has 0 bridgehead atoms. The quantitative estimate of drug-likeness (QED) is 0.297. The zero-order chi connectivity index (χ0) is 24.4. The fourth-order valence-electron chi connectivity index (χ4n) is 3.54. The third kappa shape index (κ3) is 4.65. The Hall–Kier alpha value is -3.35. The molecule has 34 heavy (non-hydrogen) atoms. The van der Waals surface area contributed by atoms with Gasteiger partial charge in [0.1, 0.15) is 48.1 Å². The molecule has 1 aliphatic heterocycles. The van der Waals surface area contributed by atoms with Crippen LogP contribution in [0.4, 0.5) is 0 Å². The van der Waals surface area contributed by atoms with E-state index in [1.165, 1.54) is 18.2 Å². The predicted molar refractivity (Wildman–Crippen MR) is 116 cm³/mol. The van der Waals surface area contributed by atoms with Crippen LogP contribution in [0.25, 0.3) is 11.0 Å². The number of hydrogen-bond acceptors (Lipinski definition) is 11. The molecule has 2 heterocycles. The lowest BCUT2D eigenvalue weighted by Crippen LogP contribution is -2.60. The highest BCUT2D eigenvalue weighted by Crippen LogP contribution is 2.35. The van der Waals surface area contributed by atoms with Crippen molar-refractivity contribution < 1.29 is 48.9 Å². The van der Waals surface area contributed by atoms with Crippen LogP contribution in [-0.4, -0.2) is 70.0 Å². The van der Waals surface area contributed by atoms with Crippen LogP contribution < -0.4 is 19.8 Å². The molecule has 0 saturated carbocycles. The van der Waals surface area contributed by atoms with Gasteiger partial charge in [0.25, 0.3) is 0 Å². The molecule has 4 rings (SSSR count). The average molecular weight is 476 g/mol. The molecule has 0 unspecified atom stereocenters. The lowest BCUT2D eigenvalue weighted by atomic mass is 9.99. The van der Waals surface area contributed by atoms with E-state index in [1.54, 1.807) is 31.4 Å². The second-order valence-corrected chi connectivity index (χ2v) is 7.68. The molecule has 11 nitrogen and oxygen atoms in total. The first-order chi connectivity index (χ1) is 16.3. The molecule has 1 aromatic heterocycles. The van der Waals surface area contributed by atoms with Gasteiger partial charge in [-0.1, -0.05) is 12.1 Å². The number of benzene rings is 2. The number of rotatable bonds is 7. The third-order valence-electron chi connectivity index (χ3n) is 5.45. The number of aliphatic hydroxyl groups is 4. The van der Waals surface area contributed by atoms with Gasteiger partial charge in [0.2, 0.25) is 12.0 Å². The molecule has 0 spiro atoms. The summed E-state index contributed by atoms with van der Waals surface area (Å²) in [6.45, 7) is -0.551. The standard InChI is InChI=1S/C23H24O11/c1-30-12-4-2-11(3-5-12)10-31-21-14-7-6-13(8-15(14)33-22(29)20(21)28)32-23-19(27)18(26)17(25)16(9-24)34-23/h2-8,16-19,23-28H,9-10H2,1H3/t16-,17-,18+,19+,23+/m1/s1. The van der Waals surface area contributed by atoms with Gasteiger partial charge in [-0.3, -0.25) is 0 Å². The number of fused-ring (bicyclic) bond motifs is 1. The van der Waals surface area contributed by atoms with E-state index in [-0.39, 0.29) is 29.1 Å². The van der Waals surface area contributed by atoms with E-state index in [9.17, 15) is 30.3 Å².